The second-order valence-corrected chi connectivity index (χ2v) is 6.20. The Hall–Kier alpha value is -2.36. The van der Waals surface area contributed by atoms with Crippen LogP contribution < -0.4 is 14.4 Å². The maximum Gasteiger partial charge on any atom is 0.146 e. The second-order valence-electron chi connectivity index (χ2n) is 5.33. The molecule has 3 rings (SSSR count). The molecule has 0 fully saturated rings. The molecule has 3 nitrogen and oxygen atoms in total. The predicted octanol–water partition coefficient (Wildman–Crippen LogP) is 6.48. The van der Waals surface area contributed by atoms with Gasteiger partial charge in [0.1, 0.15) is 11.5 Å². The minimum absolute atomic E-state index is 0.682. The first-order valence-electron chi connectivity index (χ1n) is 7.65. The Morgan fingerprint density at radius 1 is 0.680 bits per heavy atom. The van der Waals surface area contributed by atoms with Crippen molar-refractivity contribution in [2.24, 2.45) is 0 Å². The fourth-order valence-electron chi connectivity index (χ4n) is 2.58. The van der Waals surface area contributed by atoms with Crippen LogP contribution in [-0.2, 0) is 0 Å². The van der Waals surface area contributed by atoms with Crippen molar-refractivity contribution in [2.45, 2.75) is 0 Å². The maximum atomic E-state index is 6.05. The van der Waals surface area contributed by atoms with Crippen LogP contribution >= 0.6 is 23.2 Å². The van der Waals surface area contributed by atoms with Gasteiger partial charge in [0.15, 0.2) is 0 Å². The molecule has 0 unspecified atom stereocenters. The standard InChI is InChI=1S/C20H17Cl2NO2/c1-24-18-11-12-19(20(13-18)25-2)23(16-7-3-14(21)4-8-16)17-9-5-15(22)6-10-17/h3-13H,1-2H3. The molecular weight excluding hydrogens is 357 g/mol. The van der Waals surface area contributed by atoms with Gasteiger partial charge in [-0.05, 0) is 60.7 Å². The number of anilines is 3. The Morgan fingerprint density at radius 2 is 1.20 bits per heavy atom. The van der Waals surface area contributed by atoms with E-state index in [4.69, 9.17) is 32.7 Å². The summed E-state index contributed by atoms with van der Waals surface area (Å²) in [6, 6.07) is 21.0. The summed E-state index contributed by atoms with van der Waals surface area (Å²) in [4.78, 5) is 2.07. The molecule has 0 aliphatic heterocycles. The van der Waals surface area contributed by atoms with Crippen molar-refractivity contribution in [1.82, 2.24) is 0 Å². The number of rotatable bonds is 5. The molecule has 0 radical (unpaired) electrons. The maximum absolute atomic E-state index is 6.05. The fourth-order valence-corrected chi connectivity index (χ4v) is 2.83. The molecule has 128 valence electrons. The van der Waals surface area contributed by atoms with Crippen LogP contribution in [0.15, 0.2) is 66.7 Å². The topological polar surface area (TPSA) is 21.7 Å². The van der Waals surface area contributed by atoms with Gasteiger partial charge in [0.2, 0.25) is 0 Å². The summed E-state index contributed by atoms with van der Waals surface area (Å²) in [5.41, 5.74) is 2.79. The highest BCUT2D eigenvalue weighted by Crippen LogP contribution is 2.42. The summed E-state index contributed by atoms with van der Waals surface area (Å²) in [6.45, 7) is 0. The van der Waals surface area contributed by atoms with Crippen molar-refractivity contribution in [3.05, 3.63) is 76.8 Å². The van der Waals surface area contributed by atoms with Gasteiger partial charge in [-0.2, -0.15) is 0 Å². The van der Waals surface area contributed by atoms with Gasteiger partial charge in [-0.15, -0.1) is 0 Å². The van der Waals surface area contributed by atoms with E-state index < -0.39 is 0 Å². The zero-order valence-electron chi connectivity index (χ0n) is 13.9. The van der Waals surface area contributed by atoms with E-state index in [-0.39, 0.29) is 0 Å². The molecule has 0 atom stereocenters. The van der Waals surface area contributed by atoms with Gasteiger partial charge in [0.05, 0.1) is 19.9 Å². The van der Waals surface area contributed by atoms with Crippen LogP contribution in [-0.4, -0.2) is 14.2 Å². The molecule has 0 saturated heterocycles. The van der Waals surface area contributed by atoms with Crippen molar-refractivity contribution in [1.29, 1.82) is 0 Å². The third kappa shape index (κ3) is 3.84. The average Bonchev–Trinajstić information content (AvgIpc) is 2.65. The van der Waals surface area contributed by atoms with Crippen molar-refractivity contribution >= 4 is 40.3 Å². The van der Waals surface area contributed by atoms with Crippen LogP contribution in [0.4, 0.5) is 17.1 Å². The van der Waals surface area contributed by atoms with Crippen LogP contribution in [0.3, 0.4) is 0 Å². The average molecular weight is 374 g/mol. The number of methoxy groups -OCH3 is 2. The van der Waals surface area contributed by atoms with E-state index in [0.717, 1.165) is 22.8 Å². The Kier molecular flexibility index (Phi) is 5.37. The quantitative estimate of drug-likeness (QED) is 0.510. The molecule has 5 heteroatoms. The summed E-state index contributed by atoms with van der Waals surface area (Å²) in [5.74, 6) is 1.43. The first-order chi connectivity index (χ1) is 12.1. The SMILES string of the molecule is COc1ccc(N(c2ccc(Cl)cc2)c2ccc(Cl)cc2)c(OC)c1. The summed E-state index contributed by atoms with van der Waals surface area (Å²) < 4.78 is 10.9. The van der Waals surface area contributed by atoms with Crippen LogP contribution in [0, 0.1) is 0 Å². The minimum atomic E-state index is 0.682. The van der Waals surface area contributed by atoms with Crippen molar-refractivity contribution in [2.75, 3.05) is 19.1 Å². The molecule has 0 spiro atoms. The zero-order valence-corrected chi connectivity index (χ0v) is 15.4. The Balaban J connectivity index is 2.17. The molecule has 0 aliphatic rings. The first kappa shape index (κ1) is 17.5. The Bertz CT molecular complexity index is 803. The Morgan fingerprint density at radius 3 is 1.64 bits per heavy atom. The molecular formula is C20H17Cl2NO2. The first-order valence-corrected chi connectivity index (χ1v) is 8.41. The molecule has 3 aromatic rings. The highest BCUT2D eigenvalue weighted by Gasteiger charge is 2.17. The summed E-state index contributed by atoms with van der Waals surface area (Å²) >= 11 is 12.1. The number of hydrogen-bond donors (Lipinski definition) is 0. The molecule has 3 aromatic carbocycles. The highest BCUT2D eigenvalue weighted by atomic mass is 35.5. The molecule has 0 amide bonds. The van der Waals surface area contributed by atoms with E-state index in [2.05, 4.69) is 4.90 Å². The number of ether oxygens (including phenoxy) is 2. The number of benzene rings is 3. The Labute approximate surface area is 157 Å². The van der Waals surface area contributed by atoms with Gasteiger partial charge in [-0.3, -0.25) is 0 Å². The lowest BCUT2D eigenvalue weighted by Crippen LogP contribution is -2.11. The van der Waals surface area contributed by atoms with Crippen LogP contribution in [0.5, 0.6) is 11.5 Å². The number of nitrogens with zero attached hydrogens (tertiary/aromatic N) is 1. The van der Waals surface area contributed by atoms with Crippen LogP contribution in [0.25, 0.3) is 0 Å². The van der Waals surface area contributed by atoms with E-state index in [1.165, 1.54) is 0 Å². The van der Waals surface area contributed by atoms with E-state index >= 15 is 0 Å². The molecule has 0 heterocycles. The normalized spacial score (nSPS) is 10.4. The van der Waals surface area contributed by atoms with Crippen LogP contribution in [0.2, 0.25) is 10.0 Å². The minimum Gasteiger partial charge on any atom is -0.497 e. The lowest BCUT2D eigenvalue weighted by Gasteiger charge is -2.27. The molecule has 0 N–H and O–H groups in total. The van der Waals surface area contributed by atoms with E-state index in [0.29, 0.717) is 15.8 Å². The third-order valence-corrected chi connectivity index (χ3v) is 4.30. The van der Waals surface area contributed by atoms with E-state index in [1.54, 1.807) is 14.2 Å². The second kappa shape index (κ2) is 7.68. The van der Waals surface area contributed by atoms with Crippen molar-refractivity contribution < 1.29 is 9.47 Å². The molecule has 25 heavy (non-hydrogen) atoms. The molecule has 0 aromatic heterocycles. The summed E-state index contributed by atoms with van der Waals surface area (Å²) in [7, 11) is 3.27. The predicted molar refractivity (Wildman–Crippen MR) is 104 cm³/mol. The number of hydrogen-bond acceptors (Lipinski definition) is 3. The van der Waals surface area contributed by atoms with Crippen molar-refractivity contribution in [3.63, 3.8) is 0 Å². The van der Waals surface area contributed by atoms with Gasteiger partial charge in [0, 0.05) is 27.5 Å². The zero-order chi connectivity index (χ0) is 17.8. The number of halogens is 2. The van der Waals surface area contributed by atoms with Gasteiger partial charge >= 0.3 is 0 Å². The van der Waals surface area contributed by atoms with Gasteiger partial charge < -0.3 is 14.4 Å². The largest absolute Gasteiger partial charge is 0.497 e. The van der Waals surface area contributed by atoms with Gasteiger partial charge in [0.25, 0.3) is 0 Å². The van der Waals surface area contributed by atoms with Crippen LogP contribution in [0.1, 0.15) is 0 Å². The summed E-state index contributed by atoms with van der Waals surface area (Å²) in [6.07, 6.45) is 0. The fraction of sp³-hybridized carbons (Fsp3) is 0.100. The van der Waals surface area contributed by atoms with E-state index in [1.807, 2.05) is 66.7 Å². The lowest BCUT2D eigenvalue weighted by molar-refractivity contribution is 0.395. The highest BCUT2D eigenvalue weighted by molar-refractivity contribution is 6.31. The van der Waals surface area contributed by atoms with Gasteiger partial charge in [-0.1, -0.05) is 23.2 Å². The monoisotopic (exact) mass is 373 g/mol. The lowest BCUT2D eigenvalue weighted by atomic mass is 10.1. The van der Waals surface area contributed by atoms with Crippen molar-refractivity contribution in [3.8, 4) is 11.5 Å². The van der Waals surface area contributed by atoms with Gasteiger partial charge in [-0.25, -0.2) is 0 Å². The summed E-state index contributed by atoms with van der Waals surface area (Å²) in [5, 5.41) is 1.36. The third-order valence-electron chi connectivity index (χ3n) is 3.80. The molecule has 0 saturated carbocycles. The van der Waals surface area contributed by atoms with E-state index in [9.17, 15) is 0 Å². The molecule has 0 aliphatic carbocycles. The smallest absolute Gasteiger partial charge is 0.146 e. The molecule has 0 bridgehead atoms.